The second kappa shape index (κ2) is 13.0. The van der Waals surface area contributed by atoms with Crippen LogP contribution in [0.2, 0.25) is 0 Å². The molecule has 2 aromatic rings. The van der Waals surface area contributed by atoms with E-state index in [1.165, 1.54) is 4.90 Å². The number of halogens is 2. The number of nitrogens with zero attached hydrogens (tertiary/aromatic N) is 2. The Bertz CT molecular complexity index is 1170. The molecule has 7 nitrogen and oxygen atoms in total. The third kappa shape index (κ3) is 7.99. The molecule has 1 fully saturated rings. The largest absolute Gasteiger partial charge is 0.352 e. The van der Waals surface area contributed by atoms with E-state index in [1.807, 2.05) is 30.3 Å². The van der Waals surface area contributed by atoms with Crippen molar-refractivity contribution in [1.82, 2.24) is 10.2 Å². The van der Waals surface area contributed by atoms with Gasteiger partial charge >= 0.3 is 0 Å². The normalized spacial score (nSPS) is 15.1. The Labute approximate surface area is 217 Å². The van der Waals surface area contributed by atoms with Gasteiger partial charge in [-0.3, -0.25) is 13.9 Å². The molecule has 0 bridgehead atoms. The third-order valence-corrected chi connectivity index (χ3v) is 7.83. The molecule has 1 saturated carbocycles. The molecular formula is C27H35F2N3O4S. The van der Waals surface area contributed by atoms with Crippen LogP contribution in [0.1, 0.15) is 51.0 Å². The van der Waals surface area contributed by atoms with Crippen LogP contribution in [0.3, 0.4) is 0 Å². The highest BCUT2D eigenvalue weighted by Gasteiger charge is 2.32. The van der Waals surface area contributed by atoms with Gasteiger partial charge in [0.25, 0.3) is 0 Å². The summed E-state index contributed by atoms with van der Waals surface area (Å²) in [6.45, 7) is 1.35. The van der Waals surface area contributed by atoms with E-state index < -0.39 is 40.2 Å². The number of anilines is 1. The molecule has 0 spiro atoms. The number of sulfonamides is 1. The second-order valence-corrected chi connectivity index (χ2v) is 11.4. The lowest BCUT2D eigenvalue weighted by Gasteiger charge is -2.34. The SMILES string of the molecule is CC[C@H](C(=O)NC1CCCCC1)N(CCc1ccccc1)C(=O)CN(c1ccc(F)c(F)c1)S(C)(=O)=O. The van der Waals surface area contributed by atoms with Gasteiger partial charge in [-0.25, -0.2) is 17.2 Å². The first kappa shape index (κ1) is 28.6. The highest BCUT2D eigenvalue weighted by atomic mass is 32.2. The molecule has 1 aliphatic carbocycles. The predicted octanol–water partition coefficient (Wildman–Crippen LogP) is 4.03. The van der Waals surface area contributed by atoms with E-state index in [4.69, 9.17) is 0 Å². The van der Waals surface area contributed by atoms with Gasteiger partial charge in [-0.15, -0.1) is 0 Å². The average molecular weight is 536 g/mol. The Kier molecular flexibility index (Phi) is 10.0. The van der Waals surface area contributed by atoms with E-state index in [0.717, 1.165) is 66.4 Å². The molecule has 0 saturated heterocycles. The van der Waals surface area contributed by atoms with Crippen molar-refractivity contribution in [2.45, 2.75) is 64.0 Å². The van der Waals surface area contributed by atoms with Gasteiger partial charge in [0, 0.05) is 18.7 Å². The van der Waals surface area contributed by atoms with Crippen molar-refractivity contribution < 1.29 is 26.8 Å². The van der Waals surface area contributed by atoms with Crippen molar-refractivity contribution >= 4 is 27.5 Å². The van der Waals surface area contributed by atoms with Crippen LogP contribution in [0.15, 0.2) is 48.5 Å². The summed E-state index contributed by atoms with van der Waals surface area (Å²) in [6, 6.07) is 11.4. The van der Waals surface area contributed by atoms with Crippen LogP contribution >= 0.6 is 0 Å². The van der Waals surface area contributed by atoms with Crippen LogP contribution in [0.25, 0.3) is 0 Å². The lowest BCUT2D eigenvalue weighted by molar-refractivity contribution is -0.140. The van der Waals surface area contributed by atoms with E-state index in [0.29, 0.717) is 12.8 Å². The monoisotopic (exact) mass is 535 g/mol. The van der Waals surface area contributed by atoms with Gasteiger partial charge in [0.2, 0.25) is 21.8 Å². The van der Waals surface area contributed by atoms with Crippen LogP contribution in [-0.4, -0.2) is 56.6 Å². The zero-order valence-electron chi connectivity index (χ0n) is 21.3. The molecule has 1 atom stereocenters. The van der Waals surface area contributed by atoms with Gasteiger partial charge < -0.3 is 10.2 Å². The van der Waals surface area contributed by atoms with Crippen LogP contribution in [-0.2, 0) is 26.0 Å². The van der Waals surface area contributed by atoms with Gasteiger partial charge in [0.1, 0.15) is 12.6 Å². The second-order valence-electron chi connectivity index (χ2n) is 9.46. The maximum absolute atomic E-state index is 13.9. The Balaban J connectivity index is 1.87. The van der Waals surface area contributed by atoms with Crippen LogP contribution in [0.5, 0.6) is 0 Å². The van der Waals surface area contributed by atoms with E-state index >= 15 is 0 Å². The van der Waals surface area contributed by atoms with Gasteiger partial charge in [-0.05, 0) is 43.4 Å². The zero-order valence-corrected chi connectivity index (χ0v) is 22.1. The molecule has 1 aliphatic rings. The number of hydrogen-bond acceptors (Lipinski definition) is 4. The zero-order chi connectivity index (χ0) is 27.0. The molecule has 2 aromatic carbocycles. The standard InChI is InChI=1S/C27H35F2N3O4S/c1-3-25(27(34)30-21-12-8-5-9-13-21)31(17-16-20-10-6-4-7-11-20)26(33)19-32(37(2,35)36)22-14-15-23(28)24(29)18-22/h4,6-7,10-11,14-15,18,21,25H,3,5,8-9,12-13,16-17,19H2,1-2H3,(H,30,34)/t25-/m1/s1. The van der Waals surface area contributed by atoms with Gasteiger partial charge in [0.05, 0.1) is 11.9 Å². The molecule has 2 amide bonds. The van der Waals surface area contributed by atoms with Crippen molar-refractivity contribution in [2.75, 3.05) is 23.7 Å². The first-order valence-corrected chi connectivity index (χ1v) is 14.5. The molecule has 1 N–H and O–H groups in total. The summed E-state index contributed by atoms with van der Waals surface area (Å²) in [5.74, 6) is -3.22. The Morgan fingerprint density at radius 2 is 1.70 bits per heavy atom. The number of amides is 2. The van der Waals surface area contributed by atoms with Crippen molar-refractivity contribution in [1.29, 1.82) is 0 Å². The van der Waals surface area contributed by atoms with Crippen LogP contribution in [0, 0.1) is 11.6 Å². The Hall–Kier alpha value is -3.01. The molecule has 0 aliphatic heterocycles. The van der Waals surface area contributed by atoms with E-state index in [2.05, 4.69) is 5.32 Å². The molecule has 37 heavy (non-hydrogen) atoms. The molecule has 3 rings (SSSR count). The smallest absolute Gasteiger partial charge is 0.244 e. The molecular weight excluding hydrogens is 500 g/mol. The summed E-state index contributed by atoms with van der Waals surface area (Å²) in [4.78, 5) is 28.3. The third-order valence-electron chi connectivity index (χ3n) is 6.69. The minimum absolute atomic E-state index is 0.0519. The molecule has 0 radical (unpaired) electrons. The van der Waals surface area contributed by atoms with Gasteiger partial charge in [0.15, 0.2) is 11.6 Å². The first-order chi connectivity index (χ1) is 17.6. The van der Waals surface area contributed by atoms with Crippen molar-refractivity contribution in [2.24, 2.45) is 0 Å². The number of carbonyl (C=O) groups is 2. The fourth-order valence-electron chi connectivity index (χ4n) is 4.69. The maximum Gasteiger partial charge on any atom is 0.244 e. The average Bonchev–Trinajstić information content (AvgIpc) is 2.87. The number of nitrogens with one attached hydrogen (secondary N) is 1. The van der Waals surface area contributed by atoms with Crippen molar-refractivity contribution in [3.8, 4) is 0 Å². The molecule has 0 aromatic heterocycles. The number of carbonyl (C=O) groups excluding carboxylic acids is 2. The lowest BCUT2D eigenvalue weighted by atomic mass is 9.95. The number of hydrogen-bond donors (Lipinski definition) is 1. The summed E-state index contributed by atoms with van der Waals surface area (Å²) in [7, 11) is -4.02. The summed E-state index contributed by atoms with van der Waals surface area (Å²) in [5, 5.41) is 3.08. The van der Waals surface area contributed by atoms with Crippen molar-refractivity contribution in [3.63, 3.8) is 0 Å². The molecule has 202 valence electrons. The maximum atomic E-state index is 13.9. The summed E-state index contributed by atoms with van der Waals surface area (Å²) < 4.78 is 53.2. The van der Waals surface area contributed by atoms with Crippen LogP contribution in [0.4, 0.5) is 14.5 Å². The fourth-order valence-corrected chi connectivity index (χ4v) is 5.54. The quantitative estimate of drug-likeness (QED) is 0.471. The van der Waals surface area contributed by atoms with Crippen molar-refractivity contribution in [3.05, 3.63) is 65.7 Å². The molecule has 0 unspecified atom stereocenters. The Morgan fingerprint density at radius 1 is 1.03 bits per heavy atom. The van der Waals surface area contributed by atoms with E-state index in [1.54, 1.807) is 6.92 Å². The molecule has 0 heterocycles. The summed E-state index contributed by atoms with van der Waals surface area (Å²) in [5.41, 5.74) is 0.792. The summed E-state index contributed by atoms with van der Waals surface area (Å²) >= 11 is 0. The highest BCUT2D eigenvalue weighted by Crippen LogP contribution is 2.22. The number of rotatable bonds is 11. The fraction of sp³-hybridized carbons (Fsp3) is 0.481. The Morgan fingerprint density at radius 3 is 2.30 bits per heavy atom. The van der Waals surface area contributed by atoms with E-state index in [9.17, 15) is 26.8 Å². The predicted molar refractivity (Wildman–Crippen MR) is 140 cm³/mol. The molecule has 10 heteroatoms. The minimum Gasteiger partial charge on any atom is -0.352 e. The number of benzene rings is 2. The highest BCUT2D eigenvalue weighted by molar-refractivity contribution is 7.92. The van der Waals surface area contributed by atoms with Gasteiger partial charge in [-0.2, -0.15) is 0 Å². The van der Waals surface area contributed by atoms with Crippen LogP contribution < -0.4 is 9.62 Å². The first-order valence-electron chi connectivity index (χ1n) is 12.7. The van der Waals surface area contributed by atoms with E-state index in [-0.39, 0.29) is 24.2 Å². The summed E-state index contributed by atoms with van der Waals surface area (Å²) in [6.07, 6.45) is 6.68. The lowest BCUT2D eigenvalue weighted by Crippen LogP contribution is -2.54. The van der Waals surface area contributed by atoms with Gasteiger partial charge in [-0.1, -0.05) is 56.5 Å². The minimum atomic E-state index is -4.02. The topological polar surface area (TPSA) is 86.8 Å².